The molecular weight excluding hydrogens is 196 g/mol. The average Bonchev–Trinajstić information content (AvgIpc) is 2.28. The standard InChI is InChI=1S/C14H20N2/c1-10(2)11-5-7-12(8-6-11)13(16)14(3,4)9-15/h5-8,10,13H,16H2,1-4H3. The van der Waals surface area contributed by atoms with Crippen LogP contribution in [0.4, 0.5) is 0 Å². The molecule has 0 spiro atoms. The van der Waals surface area contributed by atoms with E-state index in [-0.39, 0.29) is 6.04 Å². The summed E-state index contributed by atoms with van der Waals surface area (Å²) in [5, 5.41) is 9.04. The number of nitriles is 1. The molecule has 0 aromatic heterocycles. The molecule has 2 heteroatoms. The summed E-state index contributed by atoms with van der Waals surface area (Å²) in [6, 6.07) is 10.2. The van der Waals surface area contributed by atoms with Crippen LogP contribution in [0.2, 0.25) is 0 Å². The van der Waals surface area contributed by atoms with Gasteiger partial charge >= 0.3 is 0 Å². The van der Waals surface area contributed by atoms with Gasteiger partial charge in [0, 0.05) is 6.04 Å². The zero-order valence-electron chi connectivity index (χ0n) is 10.5. The van der Waals surface area contributed by atoms with Gasteiger partial charge in [0.2, 0.25) is 0 Å². The van der Waals surface area contributed by atoms with Gasteiger partial charge in [-0.2, -0.15) is 5.26 Å². The van der Waals surface area contributed by atoms with E-state index in [0.29, 0.717) is 5.92 Å². The van der Waals surface area contributed by atoms with Crippen LogP contribution < -0.4 is 5.73 Å². The molecule has 86 valence electrons. The molecule has 2 nitrogen and oxygen atoms in total. The second kappa shape index (κ2) is 4.67. The van der Waals surface area contributed by atoms with Gasteiger partial charge in [-0.3, -0.25) is 0 Å². The fourth-order valence-corrected chi connectivity index (χ4v) is 1.57. The van der Waals surface area contributed by atoms with E-state index in [0.717, 1.165) is 5.56 Å². The molecule has 0 aliphatic heterocycles. The lowest BCUT2D eigenvalue weighted by atomic mass is 9.82. The van der Waals surface area contributed by atoms with E-state index in [1.54, 1.807) is 0 Å². The zero-order valence-corrected chi connectivity index (χ0v) is 10.5. The van der Waals surface area contributed by atoms with Crippen molar-refractivity contribution in [3.63, 3.8) is 0 Å². The maximum absolute atomic E-state index is 9.04. The fourth-order valence-electron chi connectivity index (χ4n) is 1.57. The summed E-state index contributed by atoms with van der Waals surface area (Å²) in [5.74, 6) is 0.522. The van der Waals surface area contributed by atoms with Gasteiger partial charge in [-0.05, 0) is 30.9 Å². The highest BCUT2D eigenvalue weighted by Gasteiger charge is 2.27. The first-order valence-electron chi connectivity index (χ1n) is 5.65. The highest BCUT2D eigenvalue weighted by Crippen LogP contribution is 2.30. The first kappa shape index (κ1) is 12.7. The Labute approximate surface area is 98.1 Å². The summed E-state index contributed by atoms with van der Waals surface area (Å²) < 4.78 is 0. The number of hydrogen-bond acceptors (Lipinski definition) is 2. The van der Waals surface area contributed by atoms with Crippen LogP contribution in [-0.2, 0) is 0 Å². The van der Waals surface area contributed by atoms with Crippen molar-refractivity contribution in [1.29, 1.82) is 5.26 Å². The SMILES string of the molecule is CC(C)c1ccc(C(N)C(C)(C)C#N)cc1. The van der Waals surface area contributed by atoms with E-state index in [9.17, 15) is 0 Å². The van der Waals surface area contributed by atoms with Gasteiger partial charge in [-0.15, -0.1) is 0 Å². The van der Waals surface area contributed by atoms with Crippen molar-refractivity contribution in [2.75, 3.05) is 0 Å². The van der Waals surface area contributed by atoms with Crippen LogP contribution >= 0.6 is 0 Å². The molecule has 0 radical (unpaired) electrons. The van der Waals surface area contributed by atoms with Gasteiger partial charge in [0.1, 0.15) is 0 Å². The van der Waals surface area contributed by atoms with Crippen molar-refractivity contribution in [2.24, 2.45) is 11.1 Å². The summed E-state index contributed by atoms with van der Waals surface area (Å²) >= 11 is 0. The van der Waals surface area contributed by atoms with E-state index in [2.05, 4.69) is 32.0 Å². The number of benzene rings is 1. The van der Waals surface area contributed by atoms with Gasteiger partial charge in [-0.25, -0.2) is 0 Å². The minimum absolute atomic E-state index is 0.237. The Hall–Kier alpha value is -1.33. The number of nitrogens with zero attached hydrogens (tertiary/aromatic N) is 1. The smallest absolute Gasteiger partial charge is 0.0710 e. The molecule has 0 heterocycles. The van der Waals surface area contributed by atoms with Crippen molar-refractivity contribution in [3.05, 3.63) is 35.4 Å². The van der Waals surface area contributed by atoms with Crippen molar-refractivity contribution >= 4 is 0 Å². The molecule has 0 aliphatic carbocycles. The van der Waals surface area contributed by atoms with E-state index in [1.807, 2.05) is 26.0 Å². The van der Waals surface area contributed by atoms with Crippen molar-refractivity contribution in [2.45, 2.75) is 39.7 Å². The lowest BCUT2D eigenvalue weighted by molar-refractivity contribution is 0.393. The Morgan fingerprint density at radius 1 is 1.12 bits per heavy atom. The van der Waals surface area contributed by atoms with Gasteiger partial charge in [0.05, 0.1) is 11.5 Å². The lowest BCUT2D eigenvalue weighted by Gasteiger charge is -2.24. The summed E-state index contributed by atoms with van der Waals surface area (Å²) in [7, 11) is 0. The first-order valence-corrected chi connectivity index (χ1v) is 5.65. The predicted octanol–water partition coefficient (Wildman–Crippen LogP) is 3.36. The van der Waals surface area contributed by atoms with Gasteiger partial charge < -0.3 is 5.73 Å². The molecule has 16 heavy (non-hydrogen) atoms. The van der Waals surface area contributed by atoms with E-state index >= 15 is 0 Å². The number of nitrogens with two attached hydrogens (primary N) is 1. The van der Waals surface area contributed by atoms with E-state index in [1.165, 1.54) is 5.56 Å². The van der Waals surface area contributed by atoms with Crippen LogP contribution in [-0.4, -0.2) is 0 Å². The maximum atomic E-state index is 9.04. The molecule has 1 unspecified atom stereocenters. The highest BCUT2D eigenvalue weighted by molar-refractivity contribution is 5.28. The topological polar surface area (TPSA) is 49.8 Å². The summed E-state index contributed by atoms with van der Waals surface area (Å²) in [6.07, 6.45) is 0. The van der Waals surface area contributed by atoms with Crippen LogP contribution in [0.5, 0.6) is 0 Å². The minimum Gasteiger partial charge on any atom is -0.323 e. The Morgan fingerprint density at radius 3 is 1.94 bits per heavy atom. The number of rotatable bonds is 3. The quantitative estimate of drug-likeness (QED) is 0.842. The summed E-state index contributed by atoms with van der Waals surface area (Å²) in [6.45, 7) is 8.06. The molecule has 0 bridgehead atoms. The Bertz CT molecular complexity index is 382. The molecule has 0 saturated carbocycles. The monoisotopic (exact) mass is 216 g/mol. The maximum Gasteiger partial charge on any atom is 0.0710 e. The van der Waals surface area contributed by atoms with E-state index < -0.39 is 5.41 Å². The third-order valence-electron chi connectivity index (χ3n) is 3.03. The Kier molecular flexibility index (Phi) is 3.72. The average molecular weight is 216 g/mol. The molecule has 0 aliphatic rings. The van der Waals surface area contributed by atoms with Crippen molar-refractivity contribution in [1.82, 2.24) is 0 Å². The Morgan fingerprint density at radius 2 is 1.56 bits per heavy atom. The van der Waals surface area contributed by atoms with Crippen LogP contribution in [0, 0.1) is 16.7 Å². The van der Waals surface area contributed by atoms with E-state index in [4.69, 9.17) is 11.0 Å². The normalized spacial score (nSPS) is 13.6. The second-order valence-electron chi connectivity index (χ2n) is 5.13. The third kappa shape index (κ3) is 2.62. The van der Waals surface area contributed by atoms with Gasteiger partial charge in [0.15, 0.2) is 0 Å². The minimum atomic E-state index is -0.528. The van der Waals surface area contributed by atoms with Crippen LogP contribution in [0.15, 0.2) is 24.3 Å². The molecule has 0 saturated heterocycles. The lowest BCUT2D eigenvalue weighted by Crippen LogP contribution is -2.27. The van der Waals surface area contributed by atoms with Crippen molar-refractivity contribution < 1.29 is 0 Å². The summed E-state index contributed by atoms with van der Waals surface area (Å²) in [4.78, 5) is 0. The highest BCUT2D eigenvalue weighted by atomic mass is 14.7. The molecule has 0 amide bonds. The second-order valence-corrected chi connectivity index (χ2v) is 5.13. The van der Waals surface area contributed by atoms with Crippen molar-refractivity contribution in [3.8, 4) is 6.07 Å². The fraction of sp³-hybridized carbons (Fsp3) is 0.500. The molecule has 0 fully saturated rings. The largest absolute Gasteiger partial charge is 0.323 e. The molecular formula is C14H20N2. The van der Waals surface area contributed by atoms with Crippen LogP contribution in [0.25, 0.3) is 0 Å². The van der Waals surface area contributed by atoms with Crippen LogP contribution in [0.3, 0.4) is 0 Å². The van der Waals surface area contributed by atoms with Gasteiger partial charge in [-0.1, -0.05) is 38.1 Å². The number of hydrogen-bond donors (Lipinski definition) is 1. The molecule has 1 aromatic carbocycles. The molecule has 2 N–H and O–H groups in total. The molecule has 1 atom stereocenters. The zero-order chi connectivity index (χ0) is 12.3. The Balaban J connectivity index is 2.95. The molecule has 1 aromatic rings. The van der Waals surface area contributed by atoms with Crippen LogP contribution in [0.1, 0.15) is 50.8 Å². The summed E-state index contributed by atoms with van der Waals surface area (Å²) in [5.41, 5.74) is 7.88. The third-order valence-corrected chi connectivity index (χ3v) is 3.03. The first-order chi connectivity index (χ1) is 7.38. The predicted molar refractivity (Wildman–Crippen MR) is 66.9 cm³/mol. The molecule has 1 rings (SSSR count). The van der Waals surface area contributed by atoms with Gasteiger partial charge in [0.25, 0.3) is 0 Å².